The summed E-state index contributed by atoms with van der Waals surface area (Å²) >= 11 is 0. The largest absolute Gasteiger partial charge is 0.496 e. The van der Waals surface area contributed by atoms with E-state index in [1.807, 2.05) is 0 Å². The molecule has 100 valence electrons. The van der Waals surface area contributed by atoms with Crippen LogP contribution in [0.3, 0.4) is 0 Å². The first kappa shape index (κ1) is 12.5. The Morgan fingerprint density at radius 1 is 1.16 bits per heavy atom. The van der Waals surface area contributed by atoms with Gasteiger partial charge in [0.05, 0.1) is 7.11 Å². The highest BCUT2D eigenvalue weighted by Crippen LogP contribution is 2.33. The lowest BCUT2D eigenvalue weighted by Crippen LogP contribution is -2.27. The maximum atomic E-state index is 5.44. The maximum Gasteiger partial charge on any atom is 0.126 e. The highest BCUT2D eigenvalue weighted by molar-refractivity contribution is 5.91. The van der Waals surface area contributed by atoms with E-state index in [2.05, 4.69) is 48.6 Å². The van der Waals surface area contributed by atoms with E-state index in [0.29, 0.717) is 6.04 Å². The highest BCUT2D eigenvalue weighted by Gasteiger charge is 2.27. The summed E-state index contributed by atoms with van der Waals surface area (Å²) in [6.45, 7) is 3.23. The summed E-state index contributed by atoms with van der Waals surface area (Å²) in [6, 6.07) is 13.3. The van der Waals surface area contributed by atoms with Gasteiger partial charge >= 0.3 is 0 Å². The molecule has 0 aliphatic heterocycles. The number of benzene rings is 2. The van der Waals surface area contributed by atoms with Crippen molar-refractivity contribution in [1.82, 2.24) is 5.32 Å². The fraction of sp³-hybridized carbons (Fsp3) is 0.412. The van der Waals surface area contributed by atoms with Crippen LogP contribution in [0.4, 0.5) is 0 Å². The monoisotopic (exact) mass is 255 g/mol. The smallest absolute Gasteiger partial charge is 0.126 e. The molecule has 1 fully saturated rings. The Kier molecular flexibility index (Phi) is 3.43. The number of methoxy groups -OCH3 is 1. The quantitative estimate of drug-likeness (QED) is 0.879. The third kappa shape index (κ3) is 2.59. The van der Waals surface area contributed by atoms with Gasteiger partial charge in [-0.05, 0) is 42.7 Å². The van der Waals surface area contributed by atoms with Gasteiger partial charge in [-0.25, -0.2) is 0 Å². The number of rotatable bonds is 5. The molecule has 0 amide bonds. The van der Waals surface area contributed by atoms with E-state index >= 15 is 0 Å². The Hall–Kier alpha value is -1.54. The topological polar surface area (TPSA) is 21.3 Å². The molecule has 0 bridgehead atoms. The number of fused-ring (bicyclic) bond motifs is 1. The van der Waals surface area contributed by atoms with E-state index in [4.69, 9.17) is 4.74 Å². The highest BCUT2D eigenvalue weighted by atomic mass is 16.5. The van der Waals surface area contributed by atoms with E-state index in [-0.39, 0.29) is 0 Å². The third-order valence-electron chi connectivity index (χ3n) is 4.14. The van der Waals surface area contributed by atoms with Crippen LogP contribution in [0.1, 0.15) is 25.3 Å². The van der Waals surface area contributed by atoms with Crippen LogP contribution in [-0.4, -0.2) is 13.2 Å². The molecule has 0 aromatic heterocycles. The predicted molar refractivity (Wildman–Crippen MR) is 79.5 cm³/mol. The van der Waals surface area contributed by atoms with Crippen molar-refractivity contribution in [3.63, 3.8) is 0 Å². The average molecular weight is 255 g/mol. The third-order valence-corrected chi connectivity index (χ3v) is 4.14. The van der Waals surface area contributed by atoms with E-state index < -0.39 is 0 Å². The molecule has 2 aromatic carbocycles. The molecule has 0 heterocycles. The van der Waals surface area contributed by atoms with Gasteiger partial charge in [-0.15, -0.1) is 0 Å². The molecule has 0 spiro atoms. The van der Waals surface area contributed by atoms with Gasteiger partial charge in [-0.1, -0.05) is 30.3 Å². The van der Waals surface area contributed by atoms with Crippen molar-refractivity contribution >= 4 is 10.8 Å². The van der Waals surface area contributed by atoms with Crippen molar-refractivity contribution in [2.75, 3.05) is 7.11 Å². The van der Waals surface area contributed by atoms with Gasteiger partial charge in [0.15, 0.2) is 0 Å². The molecule has 2 aromatic rings. The van der Waals surface area contributed by atoms with Crippen molar-refractivity contribution in [3.8, 4) is 5.75 Å². The minimum absolute atomic E-state index is 0.626. The van der Waals surface area contributed by atoms with Crippen LogP contribution in [0.15, 0.2) is 36.4 Å². The molecule has 1 unspecified atom stereocenters. The molecule has 1 aliphatic carbocycles. The normalized spacial score (nSPS) is 16.5. The number of nitrogens with one attached hydrogen (secondary N) is 1. The van der Waals surface area contributed by atoms with Gasteiger partial charge in [0, 0.05) is 18.0 Å². The lowest BCUT2D eigenvalue weighted by Gasteiger charge is -2.15. The molecule has 3 rings (SSSR count). The first-order chi connectivity index (χ1) is 9.29. The molecule has 0 radical (unpaired) electrons. The van der Waals surface area contributed by atoms with Gasteiger partial charge < -0.3 is 10.1 Å². The second-order valence-corrected chi connectivity index (χ2v) is 5.48. The fourth-order valence-corrected chi connectivity index (χ4v) is 2.70. The van der Waals surface area contributed by atoms with Gasteiger partial charge in [-0.3, -0.25) is 0 Å². The zero-order valence-electron chi connectivity index (χ0n) is 11.6. The zero-order chi connectivity index (χ0) is 13.2. The average Bonchev–Trinajstić information content (AvgIpc) is 3.29. The molecule has 1 saturated carbocycles. The Labute approximate surface area is 114 Å². The first-order valence-corrected chi connectivity index (χ1v) is 7.07. The summed E-state index contributed by atoms with van der Waals surface area (Å²) in [4.78, 5) is 0. The lowest BCUT2D eigenvalue weighted by atomic mass is 10.0. The zero-order valence-corrected chi connectivity index (χ0v) is 11.6. The van der Waals surface area contributed by atoms with Crippen LogP contribution in [0.2, 0.25) is 0 Å². The second kappa shape index (κ2) is 5.22. The van der Waals surface area contributed by atoms with Gasteiger partial charge in [0.25, 0.3) is 0 Å². The molecular formula is C17H21NO. The molecule has 19 heavy (non-hydrogen) atoms. The van der Waals surface area contributed by atoms with Crippen LogP contribution in [0.25, 0.3) is 10.8 Å². The molecule has 2 nitrogen and oxygen atoms in total. The SMILES string of the molecule is COc1ccc(CNC(C)C2CC2)c2ccccc12. The van der Waals surface area contributed by atoms with Crippen LogP contribution in [-0.2, 0) is 6.54 Å². The van der Waals surface area contributed by atoms with Crippen LogP contribution >= 0.6 is 0 Å². The molecule has 1 aliphatic rings. The molecule has 1 N–H and O–H groups in total. The fourth-order valence-electron chi connectivity index (χ4n) is 2.70. The second-order valence-electron chi connectivity index (χ2n) is 5.48. The molecule has 2 heteroatoms. The summed E-state index contributed by atoms with van der Waals surface area (Å²) in [6.07, 6.45) is 2.77. The van der Waals surface area contributed by atoms with Gasteiger partial charge in [0.2, 0.25) is 0 Å². The summed E-state index contributed by atoms with van der Waals surface area (Å²) in [5, 5.41) is 6.14. The number of hydrogen-bond acceptors (Lipinski definition) is 2. The Balaban J connectivity index is 1.86. The Morgan fingerprint density at radius 3 is 2.58 bits per heavy atom. The van der Waals surface area contributed by atoms with Crippen molar-refractivity contribution in [1.29, 1.82) is 0 Å². The maximum absolute atomic E-state index is 5.44. The van der Waals surface area contributed by atoms with E-state index in [9.17, 15) is 0 Å². The lowest BCUT2D eigenvalue weighted by molar-refractivity contribution is 0.419. The van der Waals surface area contributed by atoms with Gasteiger partial charge in [-0.2, -0.15) is 0 Å². The van der Waals surface area contributed by atoms with E-state index in [1.54, 1.807) is 7.11 Å². The van der Waals surface area contributed by atoms with E-state index in [1.165, 1.54) is 29.2 Å². The summed E-state index contributed by atoms with van der Waals surface area (Å²) < 4.78 is 5.44. The first-order valence-electron chi connectivity index (χ1n) is 7.07. The Bertz CT molecular complexity index is 574. The minimum atomic E-state index is 0.626. The van der Waals surface area contributed by atoms with E-state index in [0.717, 1.165) is 18.2 Å². The molecule has 0 saturated heterocycles. The summed E-state index contributed by atoms with van der Waals surface area (Å²) in [5.41, 5.74) is 1.35. The summed E-state index contributed by atoms with van der Waals surface area (Å²) in [7, 11) is 1.73. The summed E-state index contributed by atoms with van der Waals surface area (Å²) in [5.74, 6) is 1.85. The van der Waals surface area contributed by atoms with Crippen molar-refractivity contribution in [3.05, 3.63) is 42.0 Å². The Morgan fingerprint density at radius 2 is 1.89 bits per heavy atom. The number of hydrogen-bond donors (Lipinski definition) is 1. The van der Waals surface area contributed by atoms with Crippen LogP contribution < -0.4 is 10.1 Å². The van der Waals surface area contributed by atoms with Crippen molar-refractivity contribution in [2.24, 2.45) is 5.92 Å². The van der Waals surface area contributed by atoms with Crippen LogP contribution in [0.5, 0.6) is 5.75 Å². The number of ether oxygens (including phenoxy) is 1. The standard InChI is InChI=1S/C17H21NO/c1-12(13-7-8-13)18-11-14-9-10-17(19-2)16-6-4-3-5-15(14)16/h3-6,9-10,12-13,18H,7-8,11H2,1-2H3. The molecule has 1 atom stereocenters. The minimum Gasteiger partial charge on any atom is -0.496 e. The molecular weight excluding hydrogens is 234 g/mol. The van der Waals surface area contributed by atoms with Crippen molar-refractivity contribution in [2.45, 2.75) is 32.4 Å². The van der Waals surface area contributed by atoms with Crippen molar-refractivity contribution < 1.29 is 4.74 Å². The predicted octanol–water partition coefficient (Wildman–Crippen LogP) is 3.74. The van der Waals surface area contributed by atoms with Gasteiger partial charge in [0.1, 0.15) is 5.75 Å². The van der Waals surface area contributed by atoms with Crippen LogP contribution in [0, 0.1) is 5.92 Å².